The Bertz CT molecular complexity index is 295. The number of hydrogen-bond acceptors (Lipinski definition) is 3. The van der Waals surface area contributed by atoms with Crippen molar-refractivity contribution >= 4 is 5.91 Å². The number of aromatic nitrogens is 2. The van der Waals surface area contributed by atoms with Crippen LogP contribution in [0.25, 0.3) is 0 Å². The molecule has 1 rings (SSSR count). The third kappa shape index (κ3) is 3.18. The van der Waals surface area contributed by atoms with Crippen LogP contribution in [-0.4, -0.2) is 28.5 Å². The minimum atomic E-state index is 0.00895. The van der Waals surface area contributed by atoms with E-state index >= 15 is 0 Å². The van der Waals surface area contributed by atoms with Gasteiger partial charge in [-0.05, 0) is 0 Å². The van der Waals surface area contributed by atoms with E-state index in [0.29, 0.717) is 19.5 Å². The Labute approximate surface area is 83.3 Å². The summed E-state index contributed by atoms with van der Waals surface area (Å²) in [7, 11) is 1.93. The SMILES string of the molecule is Cn1cncc1CCNC(=O)CCN. The lowest BCUT2D eigenvalue weighted by Gasteiger charge is -2.04. The highest BCUT2D eigenvalue weighted by atomic mass is 16.1. The second-order valence-electron chi connectivity index (χ2n) is 3.13. The number of aryl methyl sites for hydroxylation is 1. The van der Waals surface area contributed by atoms with Crippen LogP contribution in [0.4, 0.5) is 0 Å². The van der Waals surface area contributed by atoms with Crippen LogP contribution in [0.3, 0.4) is 0 Å². The monoisotopic (exact) mass is 196 g/mol. The first-order valence-electron chi connectivity index (χ1n) is 4.66. The van der Waals surface area contributed by atoms with Crippen molar-refractivity contribution in [3.63, 3.8) is 0 Å². The molecule has 1 aromatic rings. The average molecular weight is 196 g/mol. The second-order valence-corrected chi connectivity index (χ2v) is 3.13. The number of nitrogens with zero attached hydrogens (tertiary/aromatic N) is 2. The molecule has 0 radical (unpaired) electrons. The third-order valence-corrected chi connectivity index (χ3v) is 1.99. The number of imidazole rings is 1. The first-order chi connectivity index (χ1) is 6.74. The van der Waals surface area contributed by atoms with Crippen LogP contribution >= 0.6 is 0 Å². The van der Waals surface area contributed by atoms with Gasteiger partial charge in [-0.2, -0.15) is 0 Å². The molecule has 0 saturated heterocycles. The smallest absolute Gasteiger partial charge is 0.221 e. The van der Waals surface area contributed by atoms with E-state index in [2.05, 4.69) is 10.3 Å². The Morgan fingerprint density at radius 2 is 2.50 bits per heavy atom. The summed E-state index contributed by atoms with van der Waals surface area (Å²) in [5.74, 6) is 0.00895. The zero-order valence-corrected chi connectivity index (χ0v) is 8.36. The molecule has 5 nitrogen and oxygen atoms in total. The summed E-state index contributed by atoms with van der Waals surface area (Å²) in [6, 6.07) is 0. The molecule has 0 unspecified atom stereocenters. The topological polar surface area (TPSA) is 72.9 Å². The molecule has 1 heterocycles. The first-order valence-corrected chi connectivity index (χ1v) is 4.66. The van der Waals surface area contributed by atoms with Crippen molar-refractivity contribution < 1.29 is 4.79 Å². The van der Waals surface area contributed by atoms with Gasteiger partial charge in [-0.1, -0.05) is 0 Å². The molecule has 1 aromatic heterocycles. The van der Waals surface area contributed by atoms with E-state index in [4.69, 9.17) is 5.73 Å². The largest absolute Gasteiger partial charge is 0.356 e. The molecular formula is C9H16N4O. The van der Waals surface area contributed by atoms with Crippen molar-refractivity contribution in [2.24, 2.45) is 12.8 Å². The molecule has 5 heteroatoms. The van der Waals surface area contributed by atoms with Gasteiger partial charge in [-0.25, -0.2) is 4.98 Å². The van der Waals surface area contributed by atoms with Gasteiger partial charge in [0.15, 0.2) is 0 Å². The molecule has 0 spiro atoms. The van der Waals surface area contributed by atoms with Crippen molar-refractivity contribution in [3.05, 3.63) is 18.2 Å². The van der Waals surface area contributed by atoms with E-state index in [1.165, 1.54) is 0 Å². The summed E-state index contributed by atoms with van der Waals surface area (Å²) in [6.07, 6.45) is 4.74. The first kappa shape index (κ1) is 10.7. The fourth-order valence-electron chi connectivity index (χ4n) is 1.17. The maximum atomic E-state index is 11.0. The summed E-state index contributed by atoms with van der Waals surface area (Å²) in [5, 5.41) is 2.79. The molecule has 0 aromatic carbocycles. The average Bonchev–Trinajstić information content (AvgIpc) is 2.52. The predicted molar refractivity (Wildman–Crippen MR) is 53.6 cm³/mol. The van der Waals surface area contributed by atoms with Gasteiger partial charge in [0.2, 0.25) is 5.91 Å². The summed E-state index contributed by atoms with van der Waals surface area (Å²) >= 11 is 0. The molecule has 0 bridgehead atoms. The van der Waals surface area contributed by atoms with Crippen LogP contribution in [0, 0.1) is 0 Å². The Balaban J connectivity index is 2.22. The highest BCUT2D eigenvalue weighted by Crippen LogP contribution is 1.95. The highest BCUT2D eigenvalue weighted by molar-refractivity contribution is 5.75. The van der Waals surface area contributed by atoms with Crippen LogP contribution < -0.4 is 11.1 Å². The molecule has 0 saturated carbocycles. The molecule has 0 aliphatic carbocycles. The predicted octanol–water partition coefficient (Wildman–Crippen LogP) is -0.572. The number of carbonyl (C=O) groups is 1. The molecule has 0 aliphatic rings. The van der Waals surface area contributed by atoms with Crippen molar-refractivity contribution in [2.75, 3.05) is 13.1 Å². The number of nitrogens with two attached hydrogens (primary N) is 1. The number of rotatable bonds is 5. The zero-order chi connectivity index (χ0) is 10.4. The van der Waals surface area contributed by atoms with Gasteiger partial charge in [0, 0.05) is 44.9 Å². The van der Waals surface area contributed by atoms with E-state index in [1.807, 2.05) is 11.6 Å². The maximum Gasteiger partial charge on any atom is 0.221 e. The number of nitrogens with one attached hydrogen (secondary N) is 1. The van der Waals surface area contributed by atoms with Crippen LogP contribution in [0.5, 0.6) is 0 Å². The molecule has 1 amide bonds. The van der Waals surface area contributed by atoms with E-state index < -0.39 is 0 Å². The molecule has 78 valence electrons. The fraction of sp³-hybridized carbons (Fsp3) is 0.556. The van der Waals surface area contributed by atoms with Crippen molar-refractivity contribution in [2.45, 2.75) is 12.8 Å². The van der Waals surface area contributed by atoms with Gasteiger partial charge in [0.25, 0.3) is 0 Å². The zero-order valence-electron chi connectivity index (χ0n) is 8.36. The number of amides is 1. The van der Waals surface area contributed by atoms with E-state index in [9.17, 15) is 4.79 Å². The summed E-state index contributed by atoms with van der Waals surface area (Å²) in [4.78, 5) is 15.0. The Kier molecular flexibility index (Phi) is 4.12. The molecule has 0 atom stereocenters. The molecule has 0 fully saturated rings. The quantitative estimate of drug-likeness (QED) is 0.662. The third-order valence-electron chi connectivity index (χ3n) is 1.99. The minimum absolute atomic E-state index is 0.00895. The number of hydrogen-bond donors (Lipinski definition) is 2. The lowest BCUT2D eigenvalue weighted by Crippen LogP contribution is -2.27. The second kappa shape index (κ2) is 5.39. The molecular weight excluding hydrogens is 180 g/mol. The summed E-state index contributed by atoms with van der Waals surface area (Å²) in [6.45, 7) is 1.04. The van der Waals surface area contributed by atoms with Crippen molar-refractivity contribution in [3.8, 4) is 0 Å². The lowest BCUT2D eigenvalue weighted by molar-refractivity contribution is -0.120. The fourth-order valence-corrected chi connectivity index (χ4v) is 1.17. The van der Waals surface area contributed by atoms with Gasteiger partial charge in [0.05, 0.1) is 6.33 Å². The summed E-state index contributed by atoms with van der Waals surface area (Å²) < 4.78 is 1.94. The van der Waals surface area contributed by atoms with Crippen LogP contribution in [0.15, 0.2) is 12.5 Å². The van der Waals surface area contributed by atoms with Gasteiger partial charge in [-0.15, -0.1) is 0 Å². The standard InChI is InChI=1S/C9H16N4O/c1-13-7-11-6-8(13)3-5-12-9(14)2-4-10/h6-7H,2-5,10H2,1H3,(H,12,14). The summed E-state index contributed by atoms with van der Waals surface area (Å²) in [5.41, 5.74) is 6.35. The van der Waals surface area contributed by atoms with Crippen LogP contribution in [0.1, 0.15) is 12.1 Å². The minimum Gasteiger partial charge on any atom is -0.356 e. The van der Waals surface area contributed by atoms with E-state index in [0.717, 1.165) is 12.1 Å². The number of carbonyl (C=O) groups excluding carboxylic acids is 1. The Morgan fingerprint density at radius 1 is 1.71 bits per heavy atom. The van der Waals surface area contributed by atoms with E-state index in [1.54, 1.807) is 12.5 Å². The maximum absolute atomic E-state index is 11.0. The molecule has 3 N–H and O–H groups in total. The van der Waals surface area contributed by atoms with E-state index in [-0.39, 0.29) is 5.91 Å². The van der Waals surface area contributed by atoms with Crippen molar-refractivity contribution in [1.29, 1.82) is 0 Å². The van der Waals surface area contributed by atoms with Gasteiger partial charge in [0.1, 0.15) is 0 Å². The molecule has 0 aliphatic heterocycles. The highest BCUT2D eigenvalue weighted by Gasteiger charge is 2.00. The van der Waals surface area contributed by atoms with Crippen LogP contribution in [0.2, 0.25) is 0 Å². The van der Waals surface area contributed by atoms with Gasteiger partial charge < -0.3 is 15.6 Å². The lowest BCUT2D eigenvalue weighted by atomic mass is 10.3. The van der Waals surface area contributed by atoms with Crippen molar-refractivity contribution in [1.82, 2.24) is 14.9 Å². The Morgan fingerprint density at radius 3 is 3.07 bits per heavy atom. The van der Waals surface area contributed by atoms with Gasteiger partial charge >= 0.3 is 0 Å². The molecule has 14 heavy (non-hydrogen) atoms. The Hall–Kier alpha value is -1.36. The van der Waals surface area contributed by atoms with Crippen LogP contribution in [-0.2, 0) is 18.3 Å². The normalized spacial score (nSPS) is 10.1. The van der Waals surface area contributed by atoms with Gasteiger partial charge in [-0.3, -0.25) is 4.79 Å².